The largest absolute Gasteiger partial charge is 2.00 e. The second-order valence-corrected chi connectivity index (χ2v) is 3.70. The van der Waals surface area contributed by atoms with Crippen molar-refractivity contribution in [3.63, 3.8) is 0 Å². The molecule has 0 aromatic heterocycles. The monoisotopic (exact) mass is 224 g/mol. The van der Waals surface area contributed by atoms with Gasteiger partial charge in [-0.05, 0) is 0 Å². The van der Waals surface area contributed by atoms with E-state index in [0.717, 1.165) is 0 Å². The molecule has 0 aliphatic rings. The number of likely N-dealkylation sites (N-methyl/N-ethyl adjacent to an activating group) is 1. The summed E-state index contributed by atoms with van der Waals surface area (Å²) < 4.78 is 0.550. The van der Waals surface area contributed by atoms with Crippen molar-refractivity contribution in [3.8, 4) is 0 Å². The number of carboxylic acids is 1. The number of hydrogen-bond acceptors (Lipinski definition) is 3. The first-order valence-corrected chi connectivity index (χ1v) is 3.49. The number of rotatable bonds is 4. The fourth-order valence-corrected chi connectivity index (χ4v) is 0.889. The van der Waals surface area contributed by atoms with E-state index in [-0.39, 0.29) is 23.5 Å². The van der Waals surface area contributed by atoms with Crippen LogP contribution in [0.3, 0.4) is 0 Å². The Hall–Kier alpha value is -0.0905. The van der Waals surface area contributed by atoms with Crippen molar-refractivity contribution < 1.29 is 36.6 Å². The van der Waals surface area contributed by atoms with Crippen molar-refractivity contribution >= 4 is 5.97 Å². The Bertz CT molecular complexity index is 144. The summed E-state index contributed by atoms with van der Waals surface area (Å²) in [5.74, 6) is -1.20. The van der Waals surface area contributed by atoms with E-state index < -0.39 is 12.1 Å². The second-order valence-electron chi connectivity index (χ2n) is 3.70. The molecular weight excluding hydrogens is 210 g/mol. The van der Waals surface area contributed by atoms with E-state index in [4.69, 9.17) is 5.11 Å². The second kappa shape index (κ2) is 5.54. The predicted molar refractivity (Wildman–Crippen MR) is 38.5 cm³/mol. The summed E-state index contributed by atoms with van der Waals surface area (Å²) in [5, 5.41) is 19.1. The Balaban J connectivity index is 0. The number of aliphatic hydroxyl groups is 1. The van der Waals surface area contributed by atoms with Crippen LogP contribution in [0.4, 0.5) is 0 Å². The maximum Gasteiger partial charge on any atom is 2.00 e. The molecule has 75 valence electrons. The van der Waals surface area contributed by atoms with Gasteiger partial charge in [0.2, 0.25) is 0 Å². The SMILES string of the molecule is C[N+](C)(C)CC(O)CC(=O)[O-].[Cu+2]. The Morgan fingerprint density at radius 1 is 1.50 bits per heavy atom. The summed E-state index contributed by atoms with van der Waals surface area (Å²) in [5.41, 5.74) is 0. The van der Waals surface area contributed by atoms with Crippen LogP contribution in [-0.4, -0.2) is 49.4 Å². The maximum atomic E-state index is 10.0. The van der Waals surface area contributed by atoms with Gasteiger partial charge in [-0.15, -0.1) is 0 Å². The fourth-order valence-electron chi connectivity index (χ4n) is 0.889. The van der Waals surface area contributed by atoms with Gasteiger partial charge in [0, 0.05) is 12.4 Å². The number of carbonyl (C=O) groups excluding carboxylic acids is 1. The first-order chi connectivity index (χ1) is 4.81. The first kappa shape index (κ1) is 14.4. The Morgan fingerprint density at radius 3 is 2.17 bits per heavy atom. The zero-order valence-corrected chi connectivity index (χ0v) is 8.45. The maximum absolute atomic E-state index is 10.0. The van der Waals surface area contributed by atoms with Crippen LogP contribution in [0.5, 0.6) is 0 Å². The topological polar surface area (TPSA) is 60.4 Å². The molecule has 0 saturated heterocycles. The van der Waals surface area contributed by atoms with Crippen LogP contribution in [0.2, 0.25) is 0 Å². The molecule has 0 rings (SSSR count). The van der Waals surface area contributed by atoms with Crippen molar-refractivity contribution in [1.29, 1.82) is 0 Å². The van der Waals surface area contributed by atoms with E-state index >= 15 is 0 Å². The summed E-state index contributed by atoms with van der Waals surface area (Å²) in [6, 6.07) is 0. The van der Waals surface area contributed by atoms with Crippen LogP contribution in [0.15, 0.2) is 0 Å². The summed E-state index contributed by atoms with van der Waals surface area (Å²) in [6.07, 6.45) is -1.09. The van der Waals surface area contributed by atoms with Gasteiger partial charge in [0.05, 0.1) is 21.1 Å². The average Bonchev–Trinajstić information content (AvgIpc) is 1.53. The molecule has 0 aromatic rings. The third kappa shape index (κ3) is 9.91. The van der Waals surface area contributed by atoms with Crippen molar-refractivity contribution in [1.82, 2.24) is 0 Å². The molecule has 1 unspecified atom stereocenters. The predicted octanol–water partition coefficient (Wildman–Crippen LogP) is -1.81. The Morgan fingerprint density at radius 2 is 1.92 bits per heavy atom. The fraction of sp³-hybridized carbons (Fsp3) is 0.857. The molecule has 0 saturated carbocycles. The van der Waals surface area contributed by atoms with Gasteiger partial charge in [-0.3, -0.25) is 0 Å². The van der Waals surface area contributed by atoms with Crippen molar-refractivity contribution in [2.75, 3.05) is 27.7 Å². The van der Waals surface area contributed by atoms with Gasteiger partial charge in [0.25, 0.3) is 0 Å². The zero-order chi connectivity index (χ0) is 9.07. The molecule has 0 spiro atoms. The van der Waals surface area contributed by atoms with Gasteiger partial charge in [0.1, 0.15) is 12.6 Å². The molecule has 0 fully saturated rings. The number of carbonyl (C=O) groups is 1. The molecule has 0 aliphatic carbocycles. The van der Waals surface area contributed by atoms with Crippen LogP contribution in [0.25, 0.3) is 0 Å². The molecule has 1 atom stereocenters. The summed E-state index contributed by atoms with van der Waals surface area (Å²) in [6.45, 7) is 0.425. The molecule has 4 nitrogen and oxygen atoms in total. The van der Waals surface area contributed by atoms with Gasteiger partial charge in [-0.25, -0.2) is 0 Å². The van der Waals surface area contributed by atoms with Crippen molar-refractivity contribution in [2.24, 2.45) is 0 Å². The van der Waals surface area contributed by atoms with E-state index in [2.05, 4.69) is 0 Å². The van der Waals surface area contributed by atoms with Gasteiger partial charge >= 0.3 is 17.1 Å². The van der Waals surface area contributed by atoms with Gasteiger partial charge in [-0.1, -0.05) is 0 Å². The standard InChI is InChI=1S/C7H15NO3.Cu/c1-8(2,3)5-6(9)4-7(10)11;/h6,9H,4-5H2,1-3H3;/q;+2. The molecule has 0 amide bonds. The minimum atomic E-state index is -1.20. The Kier molecular flexibility index (Phi) is 6.66. The number of hydrogen-bond donors (Lipinski definition) is 1. The number of aliphatic hydroxyl groups excluding tert-OH is 1. The minimum absolute atomic E-state index is 0. The van der Waals surface area contributed by atoms with Gasteiger partial charge in [0.15, 0.2) is 0 Å². The molecule has 5 heteroatoms. The van der Waals surface area contributed by atoms with Crippen LogP contribution in [-0.2, 0) is 21.9 Å². The van der Waals surface area contributed by atoms with E-state index in [0.29, 0.717) is 11.0 Å². The number of carboxylic acid groups (broad SMARTS) is 1. The van der Waals surface area contributed by atoms with Crippen molar-refractivity contribution in [3.05, 3.63) is 0 Å². The molecule has 0 aromatic carbocycles. The van der Waals surface area contributed by atoms with E-state index in [1.165, 1.54) is 0 Å². The average molecular weight is 225 g/mol. The van der Waals surface area contributed by atoms with E-state index in [9.17, 15) is 9.90 Å². The summed E-state index contributed by atoms with van der Waals surface area (Å²) in [4.78, 5) is 10.0. The molecule has 0 heterocycles. The van der Waals surface area contributed by atoms with Gasteiger partial charge in [-0.2, -0.15) is 0 Å². The number of nitrogens with zero attached hydrogens (tertiary/aromatic N) is 1. The number of quaternary nitrogens is 1. The Labute approximate surface area is 83.2 Å². The molecule has 1 N–H and O–H groups in total. The quantitative estimate of drug-likeness (QED) is 0.453. The van der Waals surface area contributed by atoms with E-state index in [1.54, 1.807) is 0 Å². The summed E-state index contributed by atoms with van der Waals surface area (Å²) in [7, 11) is 5.66. The smallest absolute Gasteiger partial charge is 0.550 e. The molecule has 0 aliphatic heterocycles. The zero-order valence-electron chi connectivity index (χ0n) is 7.50. The third-order valence-corrected chi connectivity index (χ3v) is 1.16. The third-order valence-electron chi connectivity index (χ3n) is 1.16. The van der Waals surface area contributed by atoms with Crippen LogP contribution in [0.1, 0.15) is 6.42 Å². The van der Waals surface area contributed by atoms with Crippen molar-refractivity contribution in [2.45, 2.75) is 12.5 Å². The van der Waals surface area contributed by atoms with Crippen LogP contribution >= 0.6 is 0 Å². The van der Waals surface area contributed by atoms with E-state index in [1.807, 2.05) is 21.1 Å². The van der Waals surface area contributed by atoms with Gasteiger partial charge < -0.3 is 19.5 Å². The van der Waals surface area contributed by atoms with Crippen LogP contribution in [0, 0.1) is 0 Å². The first-order valence-electron chi connectivity index (χ1n) is 3.49. The normalized spacial score (nSPS) is 13.3. The minimum Gasteiger partial charge on any atom is -0.550 e. The molecule has 12 heavy (non-hydrogen) atoms. The molecular formula is C7H15CuNO3+2. The van der Waals surface area contributed by atoms with Crippen LogP contribution < -0.4 is 5.11 Å². The molecule has 0 bridgehead atoms. The summed E-state index contributed by atoms with van der Waals surface area (Å²) >= 11 is 0. The number of aliphatic carboxylic acids is 1. The molecule has 1 radical (unpaired) electrons.